The highest BCUT2D eigenvalue weighted by molar-refractivity contribution is 5.80. The molecule has 4 rings (SSSR count). The smallest absolute Gasteiger partial charge is 0.269 e. The largest absolute Gasteiger partial charge is 0.341 e. The first-order chi connectivity index (χ1) is 13.7. The summed E-state index contributed by atoms with van der Waals surface area (Å²) in [7, 11) is 0. The summed E-state index contributed by atoms with van der Waals surface area (Å²) in [5, 5.41) is 14.9. The first-order valence-corrected chi connectivity index (χ1v) is 9.48. The SMILES string of the molecule is O=[N+]([O-])c1ccc(/C=N/Nc2nc(N3CCCC3)nc(N3CCCC3)n2)cc1. The molecule has 2 aromatic rings. The quantitative estimate of drug-likeness (QED) is 0.460. The minimum Gasteiger partial charge on any atom is -0.341 e. The van der Waals surface area contributed by atoms with Crippen LogP contribution in [0.2, 0.25) is 0 Å². The number of nitro groups is 1. The van der Waals surface area contributed by atoms with Crippen LogP contribution in [0.25, 0.3) is 0 Å². The minimum absolute atomic E-state index is 0.0492. The van der Waals surface area contributed by atoms with E-state index in [9.17, 15) is 10.1 Å². The van der Waals surface area contributed by atoms with E-state index in [1.165, 1.54) is 12.1 Å². The Morgan fingerprint density at radius 2 is 1.46 bits per heavy atom. The lowest BCUT2D eigenvalue weighted by Crippen LogP contribution is -2.25. The number of rotatable bonds is 6. The molecule has 10 heteroatoms. The molecule has 0 saturated carbocycles. The third-order valence-electron chi connectivity index (χ3n) is 4.87. The molecule has 2 fully saturated rings. The van der Waals surface area contributed by atoms with E-state index in [0.717, 1.165) is 57.4 Å². The minimum atomic E-state index is -0.427. The van der Waals surface area contributed by atoms with Crippen molar-refractivity contribution < 1.29 is 4.92 Å². The number of aromatic nitrogens is 3. The average Bonchev–Trinajstić information content (AvgIpc) is 3.42. The number of hydrazone groups is 1. The molecule has 1 aromatic carbocycles. The second kappa shape index (κ2) is 8.15. The van der Waals surface area contributed by atoms with Crippen LogP contribution in [-0.2, 0) is 0 Å². The van der Waals surface area contributed by atoms with Crippen LogP contribution in [0.5, 0.6) is 0 Å². The molecular formula is C18H22N8O2. The van der Waals surface area contributed by atoms with Gasteiger partial charge in [0, 0.05) is 38.3 Å². The zero-order valence-electron chi connectivity index (χ0n) is 15.5. The molecule has 1 N–H and O–H groups in total. The van der Waals surface area contributed by atoms with Crippen molar-refractivity contribution in [2.24, 2.45) is 5.10 Å². The van der Waals surface area contributed by atoms with Gasteiger partial charge in [0.2, 0.25) is 17.8 Å². The molecule has 0 bridgehead atoms. The van der Waals surface area contributed by atoms with Gasteiger partial charge in [0.05, 0.1) is 11.1 Å². The van der Waals surface area contributed by atoms with E-state index in [2.05, 4.69) is 35.3 Å². The van der Waals surface area contributed by atoms with Crippen LogP contribution in [0.4, 0.5) is 23.5 Å². The number of anilines is 3. The Bertz CT molecular complexity index is 824. The summed E-state index contributed by atoms with van der Waals surface area (Å²) in [5.41, 5.74) is 3.67. The number of hydrogen-bond acceptors (Lipinski definition) is 9. The summed E-state index contributed by atoms with van der Waals surface area (Å²) in [6.07, 6.45) is 6.16. The van der Waals surface area contributed by atoms with E-state index in [1.54, 1.807) is 18.3 Å². The average molecular weight is 382 g/mol. The van der Waals surface area contributed by atoms with Crippen LogP contribution in [0, 0.1) is 10.1 Å². The molecular weight excluding hydrogens is 360 g/mol. The van der Waals surface area contributed by atoms with Gasteiger partial charge >= 0.3 is 0 Å². The molecule has 3 heterocycles. The summed E-state index contributed by atoms with van der Waals surface area (Å²) in [6, 6.07) is 6.17. The summed E-state index contributed by atoms with van der Waals surface area (Å²) in [4.78, 5) is 28.3. The molecule has 2 aliphatic rings. The van der Waals surface area contributed by atoms with Gasteiger partial charge in [-0.15, -0.1) is 0 Å². The van der Waals surface area contributed by atoms with Crippen molar-refractivity contribution in [2.45, 2.75) is 25.7 Å². The maximum absolute atomic E-state index is 10.7. The van der Waals surface area contributed by atoms with Crippen molar-refractivity contribution in [3.8, 4) is 0 Å². The van der Waals surface area contributed by atoms with E-state index in [1.807, 2.05) is 0 Å². The van der Waals surface area contributed by atoms with Crippen LogP contribution in [-0.4, -0.2) is 52.3 Å². The van der Waals surface area contributed by atoms with Gasteiger partial charge in [-0.2, -0.15) is 20.1 Å². The number of nitrogens with zero attached hydrogens (tertiary/aromatic N) is 7. The van der Waals surface area contributed by atoms with Crippen molar-refractivity contribution in [3.05, 3.63) is 39.9 Å². The van der Waals surface area contributed by atoms with Gasteiger partial charge in [0.15, 0.2) is 0 Å². The highest BCUT2D eigenvalue weighted by Crippen LogP contribution is 2.22. The molecule has 0 amide bonds. The number of benzene rings is 1. The molecule has 0 spiro atoms. The molecule has 0 atom stereocenters. The van der Waals surface area contributed by atoms with Gasteiger partial charge < -0.3 is 9.80 Å². The first-order valence-electron chi connectivity index (χ1n) is 9.48. The molecule has 0 aliphatic carbocycles. The van der Waals surface area contributed by atoms with Crippen molar-refractivity contribution in [3.63, 3.8) is 0 Å². The maximum atomic E-state index is 10.7. The van der Waals surface area contributed by atoms with Crippen molar-refractivity contribution in [1.82, 2.24) is 15.0 Å². The van der Waals surface area contributed by atoms with Crippen LogP contribution < -0.4 is 15.2 Å². The second-order valence-corrected chi connectivity index (χ2v) is 6.87. The zero-order valence-corrected chi connectivity index (χ0v) is 15.5. The lowest BCUT2D eigenvalue weighted by Gasteiger charge is -2.20. The first kappa shape index (κ1) is 18.1. The fourth-order valence-electron chi connectivity index (χ4n) is 3.37. The Morgan fingerprint density at radius 3 is 1.96 bits per heavy atom. The molecule has 1 aromatic heterocycles. The van der Waals surface area contributed by atoms with E-state index < -0.39 is 4.92 Å². The van der Waals surface area contributed by atoms with E-state index in [0.29, 0.717) is 17.8 Å². The van der Waals surface area contributed by atoms with Gasteiger partial charge in [0.1, 0.15) is 0 Å². The van der Waals surface area contributed by atoms with Gasteiger partial charge in [0.25, 0.3) is 5.69 Å². The Kier molecular flexibility index (Phi) is 5.27. The maximum Gasteiger partial charge on any atom is 0.269 e. The predicted octanol–water partition coefficient (Wildman–Crippen LogP) is 2.43. The molecule has 0 unspecified atom stereocenters. The topological polar surface area (TPSA) is 113 Å². The second-order valence-electron chi connectivity index (χ2n) is 6.87. The van der Waals surface area contributed by atoms with E-state index in [4.69, 9.17) is 0 Å². The molecule has 146 valence electrons. The fourth-order valence-corrected chi connectivity index (χ4v) is 3.37. The number of hydrogen-bond donors (Lipinski definition) is 1. The van der Waals surface area contributed by atoms with E-state index in [-0.39, 0.29) is 5.69 Å². The van der Waals surface area contributed by atoms with Crippen molar-refractivity contribution in [2.75, 3.05) is 41.4 Å². The Morgan fingerprint density at radius 1 is 0.929 bits per heavy atom. The van der Waals surface area contributed by atoms with Gasteiger partial charge in [-0.3, -0.25) is 10.1 Å². The monoisotopic (exact) mass is 382 g/mol. The molecule has 2 saturated heterocycles. The normalized spacial score (nSPS) is 16.9. The summed E-state index contributed by atoms with van der Waals surface area (Å²) < 4.78 is 0. The number of nitrogens with one attached hydrogen (secondary N) is 1. The van der Waals surface area contributed by atoms with Crippen molar-refractivity contribution in [1.29, 1.82) is 0 Å². The Labute approximate surface area is 162 Å². The standard InChI is InChI=1S/C18H22N8O2/c27-26(28)15-7-5-14(6-8-15)13-19-23-16-20-17(24-9-1-2-10-24)22-18(21-16)25-11-3-4-12-25/h5-8,13H,1-4,9-12H2,(H,20,21,22,23)/b19-13+. The predicted molar refractivity (Wildman–Crippen MR) is 107 cm³/mol. The van der Waals surface area contributed by atoms with Gasteiger partial charge in [-0.1, -0.05) is 0 Å². The zero-order chi connectivity index (χ0) is 19.3. The fraction of sp³-hybridized carbons (Fsp3) is 0.444. The highest BCUT2D eigenvalue weighted by Gasteiger charge is 2.21. The van der Waals surface area contributed by atoms with Crippen molar-refractivity contribution >= 4 is 29.7 Å². The third kappa shape index (κ3) is 4.16. The summed E-state index contributed by atoms with van der Waals surface area (Å²) >= 11 is 0. The molecule has 2 aliphatic heterocycles. The lowest BCUT2D eigenvalue weighted by atomic mass is 10.2. The molecule has 0 radical (unpaired) electrons. The molecule has 28 heavy (non-hydrogen) atoms. The van der Waals surface area contributed by atoms with Crippen LogP contribution >= 0.6 is 0 Å². The van der Waals surface area contributed by atoms with Crippen LogP contribution in [0.15, 0.2) is 29.4 Å². The van der Waals surface area contributed by atoms with Crippen LogP contribution in [0.3, 0.4) is 0 Å². The Hall–Kier alpha value is -3.30. The summed E-state index contributed by atoms with van der Waals surface area (Å²) in [6.45, 7) is 3.81. The van der Waals surface area contributed by atoms with E-state index >= 15 is 0 Å². The van der Waals surface area contributed by atoms with Gasteiger partial charge in [-0.25, -0.2) is 5.43 Å². The highest BCUT2D eigenvalue weighted by atomic mass is 16.6. The number of nitro benzene ring substituents is 1. The summed E-state index contributed by atoms with van der Waals surface area (Å²) in [5.74, 6) is 1.77. The van der Waals surface area contributed by atoms with Crippen LogP contribution in [0.1, 0.15) is 31.2 Å². The lowest BCUT2D eigenvalue weighted by molar-refractivity contribution is -0.384. The Balaban J connectivity index is 1.51. The third-order valence-corrected chi connectivity index (χ3v) is 4.87. The van der Waals surface area contributed by atoms with Gasteiger partial charge in [-0.05, 0) is 43.4 Å². The molecule has 10 nitrogen and oxygen atoms in total. The number of non-ortho nitro benzene ring substituents is 1.